The molecule has 1 aliphatic rings. The van der Waals surface area contributed by atoms with E-state index in [-0.39, 0.29) is 48.9 Å². The maximum absolute atomic E-state index is 12.8. The molecular formula is C28H27F2N5O4S. The van der Waals surface area contributed by atoms with Crippen LogP contribution in [0, 0.1) is 0 Å². The zero-order chi connectivity index (χ0) is 28.3. The van der Waals surface area contributed by atoms with E-state index in [0.717, 1.165) is 5.39 Å². The fourth-order valence-corrected chi connectivity index (χ4v) is 5.71. The predicted molar refractivity (Wildman–Crippen MR) is 146 cm³/mol. The molecule has 0 unspecified atom stereocenters. The van der Waals surface area contributed by atoms with Crippen LogP contribution in [-0.2, 0) is 27.7 Å². The molecule has 1 amide bonds. The third-order valence-electron chi connectivity index (χ3n) is 6.55. The van der Waals surface area contributed by atoms with Crippen LogP contribution in [0.1, 0.15) is 28.0 Å². The number of amides is 1. The monoisotopic (exact) mass is 567 g/mol. The van der Waals surface area contributed by atoms with Gasteiger partial charge in [0.1, 0.15) is 5.82 Å². The lowest BCUT2D eigenvalue weighted by Gasteiger charge is -2.18. The second-order valence-corrected chi connectivity index (χ2v) is 11.5. The Kier molecular flexibility index (Phi) is 7.99. The lowest BCUT2D eigenvalue weighted by Crippen LogP contribution is -2.23. The molecule has 4 aromatic rings. The van der Waals surface area contributed by atoms with Crippen LogP contribution in [0.4, 0.5) is 14.6 Å². The van der Waals surface area contributed by atoms with E-state index in [0.29, 0.717) is 34.0 Å². The van der Waals surface area contributed by atoms with Crippen LogP contribution >= 0.6 is 0 Å². The Morgan fingerprint density at radius 3 is 2.75 bits per heavy atom. The van der Waals surface area contributed by atoms with E-state index < -0.39 is 22.2 Å². The van der Waals surface area contributed by atoms with Crippen molar-refractivity contribution in [3.63, 3.8) is 0 Å². The van der Waals surface area contributed by atoms with E-state index in [9.17, 15) is 22.0 Å². The highest BCUT2D eigenvalue weighted by Gasteiger charge is 2.23. The summed E-state index contributed by atoms with van der Waals surface area (Å²) in [5.41, 5.74) is 3.18. The SMILES string of the molecule is CN(CCC(F)F)c1cccc(-c2ccc3cnc(CNC(=O)c4ccc5c(c4)S(=O)(=O)CCOC5)cc3n2)n1. The maximum atomic E-state index is 12.8. The Morgan fingerprint density at radius 1 is 1.10 bits per heavy atom. The number of sulfone groups is 1. The Labute approximate surface area is 230 Å². The van der Waals surface area contributed by atoms with E-state index >= 15 is 0 Å². The summed E-state index contributed by atoms with van der Waals surface area (Å²) in [6.07, 6.45) is -0.970. The highest BCUT2D eigenvalue weighted by Crippen LogP contribution is 2.24. The number of nitrogens with zero attached hydrogens (tertiary/aromatic N) is 4. The molecular weight excluding hydrogens is 540 g/mol. The molecule has 4 heterocycles. The third kappa shape index (κ3) is 6.23. The Morgan fingerprint density at radius 2 is 1.93 bits per heavy atom. The van der Waals surface area contributed by atoms with Gasteiger partial charge in [-0.2, -0.15) is 0 Å². The molecule has 1 N–H and O–H groups in total. The van der Waals surface area contributed by atoms with Crippen molar-refractivity contribution in [2.24, 2.45) is 0 Å². The quantitative estimate of drug-likeness (QED) is 0.340. The van der Waals surface area contributed by atoms with Crippen molar-refractivity contribution in [1.29, 1.82) is 0 Å². The van der Waals surface area contributed by atoms with Crippen LogP contribution in [0.5, 0.6) is 0 Å². The van der Waals surface area contributed by atoms with Gasteiger partial charge in [-0.1, -0.05) is 12.1 Å². The van der Waals surface area contributed by atoms with Crippen LogP contribution in [0.25, 0.3) is 22.3 Å². The standard InChI is InChI=1S/C28H27F2N5O4S/c1-35(10-9-26(29)30)27-4-2-3-22(34-27)23-8-7-19-15-31-21(14-24(19)33-23)16-32-28(36)18-5-6-20-17-39-11-12-40(37,38)25(20)13-18/h2-8,13-15,26H,9-12,16-17H2,1H3,(H,32,36). The van der Waals surface area contributed by atoms with E-state index in [1.807, 2.05) is 12.1 Å². The van der Waals surface area contributed by atoms with Crippen LogP contribution in [0.2, 0.25) is 0 Å². The molecule has 9 nitrogen and oxygen atoms in total. The minimum atomic E-state index is -3.53. The number of anilines is 1. The summed E-state index contributed by atoms with van der Waals surface area (Å²) in [5.74, 6) is 0.0103. The first-order valence-corrected chi connectivity index (χ1v) is 14.3. The average Bonchev–Trinajstić information content (AvgIpc) is 3.11. The minimum Gasteiger partial charge on any atom is -0.376 e. The lowest BCUT2D eigenvalue weighted by atomic mass is 10.1. The lowest BCUT2D eigenvalue weighted by molar-refractivity contribution is 0.0949. The Bertz CT molecular complexity index is 1670. The summed E-state index contributed by atoms with van der Waals surface area (Å²) in [6.45, 7) is 0.579. The van der Waals surface area contributed by atoms with Gasteiger partial charge in [-0.3, -0.25) is 9.78 Å². The number of ether oxygens (including phenoxy) is 1. The van der Waals surface area contributed by atoms with Crippen molar-refractivity contribution >= 4 is 32.5 Å². The first-order valence-electron chi connectivity index (χ1n) is 12.6. The topological polar surface area (TPSA) is 114 Å². The maximum Gasteiger partial charge on any atom is 0.251 e. The zero-order valence-corrected chi connectivity index (χ0v) is 22.5. The van der Waals surface area contributed by atoms with Crippen LogP contribution in [0.3, 0.4) is 0 Å². The summed E-state index contributed by atoms with van der Waals surface area (Å²) < 4.78 is 55.7. The summed E-state index contributed by atoms with van der Waals surface area (Å²) in [4.78, 5) is 28.3. The van der Waals surface area contributed by atoms with Crippen molar-refractivity contribution in [3.8, 4) is 11.4 Å². The van der Waals surface area contributed by atoms with Gasteiger partial charge in [-0.25, -0.2) is 27.2 Å². The number of hydrogen-bond donors (Lipinski definition) is 1. The number of rotatable bonds is 8. The smallest absolute Gasteiger partial charge is 0.251 e. The van der Waals surface area contributed by atoms with Gasteiger partial charge in [0, 0.05) is 37.2 Å². The molecule has 0 bridgehead atoms. The number of fused-ring (bicyclic) bond motifs is 2. The van der Waals surface area contributed by atoms with Gasteiger partial charge in [0.05, 0.1) is 53.0 Å². The molecule has 0 aliphatic carbocycles. The molecule has 0 saturated heterocycles. The number of benzene rings is 1. The third-order valence-corrected chi connectivity index (χ3v) is 8.30. The van der Waals surface area contributed by atoms with Crippen molar-refractivity contribution in [2.75, 3.05) is 30.9 Å². The molecule has 3 aromatic heterocycles. The molecule has 208 valence electrons. The highest BCUT2D eigenvalue weighted by atomic mass is 32.2. The fourth-order valence-electron chi connectivity index (χ4n) is 4.32. The second-order valence-electron chi connectivity index (χ2n) is 9.42. The van der Waals surface area contributed by atoms with E-state index in [1.54, 1.807) is 54.5 Å². The first kappa shape index (κ1) is 27.5. The fraction of sp³-hybridized carbons (Fsp3) is 0.286. The molecule has 0 atom stereocenters. The van der Waals surface area contributed by atoms with Gasteiger partial charge in [0.2, 0.25) is 6.43 Å². The predicted octanol–water partition coefficient (Wildman–Crippen LogP) is 4.02. The summed E-state index contributed by atoms with van der Waals surface area (Å²) in [6, 6.07) is 15.4. The number of halogens is 2. The first-order chi connectivity index (χ1) is 19.2. The van der Waals surface area contributed by atoms with Crippen LogP contribution < -0.4 is 10.2 Å². The van der Waals surface area contributed by atoms with Gasteiger partial charge < -0.3 is 15.0 Å². The normalized spacial score (nSPS) is 14.5. The minimum absolute atomic E-state index is 0.107. The summed E-state index contributed by atoms with van der Waals surface area (Å²) in [5, 5.41) is 3.58. The second kappa shape index (κ2) is 11.6. The molecule has 5 rings (SSSR count). The molecule has 0 spiro atoms. The molecule has 0 fully saturated rings. The number of hydrogen-bond acceptors (Lipinski definition) is 8. The number of alkyl halides is 2. The van der Waals surface area contributed by atoms with Gasteiger partial charge >= 0.3 is 0 Å². The van der Waals surface area contributed by atoms with Gasteiger partial charge in [-0.05, 0) is 48.0 Å². The van der Waals surface area contributed by atoms with E-state index in [2.05, 4.69) is 15.3 Å². The van der Waals surface area contributed by atoms with E-state index in [4.69, 9.17) is 9.72 Å². The van der Waals surface area contributed by atoms with Crippen LogP contribution in [-0.4, -0.2) is 61.7 Å². The van der Waals surface area contributed by atoms with Crippen molar-refractivity contribution in [3.05, 3.63) is 77.6 Å². The van der Waals surface area contributed by atoms with Crippen LogP contribution in [0.15, 0.2) is 65.7 Å². The average molecular weight is 568 g/mol. The molecule has 40 heavy (non-hydrogen) atoms. The zero-order valence-electron chi connectivity index (χ0n) is 21.7. The summed E-state index contributed by atoms with van der Waals surface area (Å²) >= 11 is 0. The molecule has 0 saturated carbocycles. The number of carbonyl (C=O) groups is 1. The highest BCUT2D eigenvalue weighted by molar-refractivity contribution is 7.91. The largest absolute Gasteiger partial charge is 0.376 e. The molecule has 0 radical (unpaired) electrons. The number of pyridine rings is 3. The van der Waals surface area contributed by atoms with E-state index in [1.165, 1.54) is 6.07 Å². The van der Waals surface area contributed by atoms with Gasteiger partial charge in [0.25, 0.3) is 5.91 Å². The number of carbonyl (C=O) groups excluding carboxylic acids is 1. The van der Waals surface area contributed by atoms with Crippen molar-refractivity contribution < 1.29 is 26.7 Å². The number of nitrogens with one attached hydrogen (secondary N) is 1. The number of aromatic nitrogens is 3. The Hall–Kier alpha value is -4.03. The molecule has 1 aromatic carbocycles. The van der Waals surface area contributed by atoms with Gasteiger partial charge in [-0.15, -0.1) is 0 Å². The molecule has 12 heteroatoms. The Balaban J connectivity index is 1.32. The molecule has 1 aliphatic heterocycles. The summed E-state index contributed by atoms with van der Waals surface area (Å²) in [7, 11) is -1.81. The van der Waals surface area contributed by atoms with Crippen molar-refractivity contribution in [2.45, 2.75) is 30.9 Å². The van der Waals surface area contributed by atoms with Gasteiger partial charge in [0.15, 0.2) is 9.84 Å². The van der Waals surface area contributed by atoms with Crippen molar-refractivity contribution in [1.82, 2.24) is 20.3 Å².